The maximum atomic E-state index is 9.88. The van der Waals surface area contributed by atoms with E-state index in [1.165, 1.54) is 0 Å². The monoisotopic (exact) mass is 287 g/mol. The summed E-state index contributed by atoms with van der Waals surface area (Å²) in [6.07, 6.45) is 2.60. The van der Waals surface area contributed by atoms with Gasteiger partial charge in [0, 0.05) is 24.8 Å². The Balaban J connectivity index is 3.03. The van der Waals surface area contributed by atoms with E-state index >= 15 is 0 Å². The van der Waals surface area contributed by atoms with Crippen LogP contribution in [0.1, 0.15) is 53.7 Å². The van der Waals surface area contributed by atoms with Crippen LogP contribution in [0, 0.1) is 17.2 Å². The molecule has 1 aromatic heterocycles. The van der Waals surface area contributed by atoms with E-state index in [0.717, 1.165) is 18.7 Å². The molecule has 0 unspecified atom stereocenters. The lowest BCUT2D eigenvalue weighted by Crippen LogP contribution is -2.42. The van der Waals surface area contributed by atoms with Gasteiger partial charge in [0.15, 0.2) is 0 Å². The van der Waals surface area contributed by atoms with Gasteiger partial charge in [0.2, 0.25) is 0 Å². The highest BCUT2D eigenvalue weighted by Gasteiger charge is 2.37. The summed E-state index contributed by atoms with van der Waals surface area (Å²) in [6, 6.07) is 9.40. The van der Waals surface area contributed by atoms with Crippen molar-refractivity contribution in [1.29, 1.82) is 5.26 Å². The molecule has 1 aromatic rings. The third kappa shape index (κ3) is 4.04. The number of nitriles is 1. The zero-order valence-electron chi connectivity index (χ0n) is 14.3. The van der Waals surface area contributed by atoms with E-state index in [4.69, 9.17) is 0 Å². The minimum absolute atomic E-state index is 0.235. The molecule has 21 heavy (non-hydrogen) atoms. The van der Waals surface area contributed by atoms with Crippen molar-refractivity contribution >= 4 is 0 Å². The molecule has 0 radical (unpaired) electrons. The first kappa shape index (κ1) is 17.7. The van der Waals surface area contributed by atoms with Gasteiger partial charge in [0.05, 0.1) is 11.8 Å². The topological polar surface area (TPSA) is 39.9 Å². The summed E-state index contributed by atoms with van der Waals surface area (Å²) in [7, 11) is 0. The molecule has 0 bridgehead atoms. The highest BCUT2D eigenvalue weighted by molar-refractivity contribution is 5.27. The predicted molar refractivity (Wildman–Crippen MR) is 88.0 cm³/mol. The van der Waals surface area contributed by atoms with Crippen molar-refractivity contribution in [3.8, 4) is 6.07 Å². The van der Waals surface area contributed by atoms with Crippen LogP contribution in [0.2, 0.25) is 0 Å². The van der Waals surface area contributed by atoms with E-state index < -0.39 is 5.41 Å². The zero-order valence-corrected chi connectivity index (χ0v) is 14.3. The van der Waals surface area contributed by atoms with Gasteiger partial charge >= 0.3 is 0 Å². The minimum Gasteiger partial charge on any atom is -0.298 e. The Morgan fingerprint density at radius 3 is 2.14 bits per heavy atom. The Bertz CT molecular complexity index is 451. The van der Waals surface area contributed by atoms with E-state index in [1.54, 1.807) is 6.20 Å². The van der Waals surface area contributed by atoms with Crippen LogP contribution in [0.15, 0.2) is 24.4 Å². The summed E-state index contributed by atoms with van der Waals surface area (Å²) in [5, 5.41) is 9.88. The summed E-state index contributed by atoms with van der Waals surface area (Å²) in [4.78, 5) is 6.91. The molecule has 0 saturated heterocycles. The lowest BCUT2D eigenvalue weighted by Gasteiger charge is -2.36. The molecule has 3 nitrogen and oxygen atoms in total. The summed E-state index contributed by atoms with van der Waals surface area (Å²) >= 11 is 0. The van der Waals surface area contributed by atoms with Crippen LogP contribution in [0.3, 0.4) is 0 Å². The molecule has 0 aliphatic rings. The maximum Gasteiger partial charge on any atom is 0.103 e. The van der Waals surface area contributed by atoms with E-state index in [2.05, 4.69) is 57.5 Å². The van der Waals surface area contributed by atoms with Gasteiger partial charge in [-0.2, -0.15) is 5.26 Å². The molecular weight excluding hydrogens is 258 g/mol. The van der Waals surface area contributed by atoms with Gasteiger partial charge in [-0.05, 0) is 52.2 Å². The first-order chi connectivity index (χ1) is 9.85. The van der Waals surface area contributed by atoms with Crippen molar-refractivity contribution in [3.05, 3.63) is 30.1 Å². The van der Waals surface area contributed by atoms with Crippen molar-refractivity contribution in [2.24, 2.45) is 5.92 Å². The van der Waals surface area contributed by atoms with Crippen molar-refractivity contribution < 1.29 is 0 Å². The number of rotatable bonds is 7. The summed E-state index contributed by atoms with van der Waals surface area (Å²) in [5.41, 5.74) is 0.387. The third-order valence-electron chi connectivity index (χ3n) is 4.40. The normalized spacial score (nSPS) is 14.7. The van der Waals surface area contributed by atoms with Crippen LogP contribution in [-0.4, -0.2) is 28.5 Å². The molecule has 1 rings (SSSR count). The number of aromatic nitrogens is 1. The molecule has 0 saturated carbocycles. The van der Waals surface area contributed by atoms with Crippen LogP contribution in [0.5, 0.6) is 0 Å². The van der Waals surface area contributed by atoms with Crippen LogP contribution in [-0.2, 0) is 5.41 Å². The lowest BCUT2D eigenvalue weighted by molar-refractivity contribution is 0.155. The van der Waals surface area contributed by atoms with E-state index in [0.29, 0.717) is 12.1 Å². The van der Waals surface area contributed by atoms with Gasteiger partial charge in [-0.1, -0.05) is 19.9 Å². The molecule has 0 aliphatic carbocycles. The average molecular weight is 287 g/mol. The standard InChI is InChI=1S/C18H29N3/c1-14(2)18(13-19,17-9-7-8-11-20-17)10-12-21(15(3)4)16(5)6/h7-9,11,14-16H,10,12H2,1-6H3/t18-/m1/s1. The Hall–Kier alpha value is -1.40. The molecule has 1 atom stereocenters. The quantitative estimate of drug-likeness (QED) is 0.760. The number of hydrogen-bond acceptors (Lipinski definition) is 3. The SMILES string of the molecule is CC(C)N(CC[C@](C#N)(c1ccccn1)C(C)C)C(C)C. The molecule has 0 amide bonds. The van der Waals surface area contributed by atoms with E-state index in [1.807, 2.05) is 18.2 Å². The first-order valence-corrected chi connectivity index (χ1v) is 7.93. The largest absolute Gasteiger partial charge is 0.298 e. The third-order valence-corrected chi connectivity index (χ3v) is 4.40. The molecule has 3 heteroatoms. The van der Waals surface area contributed by atoms with Crippen molar-refractivity contribution in [2.75, 3.05) is 6.54 Å². The second-order valence-corrected chi connectivity index (χ2v) is 6.63. The van der Waals surface area contributed by atoms with Crippen molar-refractivity contribution in [1.82, 2.24) is 9.88 Å². The highest BCUT2D eigenvalue weighted by atomic mass is 15.2. The average Bonchev–Trinajstić information content (AvgIpc) is 2.43. The van der Waals surface area contributed by atoms with Gasteiger partial charge in [0.1, 0.15) is 5.41 Å². The Labute approximate surface area is 130 Å². The second-order valence-electron chi connectivity index (χ2n) is 6.63. The fraction of sp³-hybridized carbons (Fsp3) is 0.667. The molecule has 0 N–H and O–H groups in total. The van der Waals surface area contributed by atoms with Crippen molar-refractivity contribution in [3.63, 3.8) is 0 Å². The Kier molecular flexibility index (Phi) is 6.36. The molecular formula is C18H29N3. The highest BCUT2D eigenvalue weighted by Crippen LogP contribution is 2.34. The predicted octanol–water partition coefficient (Wildman–Crippen LogP) is 4.01. The smallest absolute Gasteiger partial charge is 0.103 e. The van der Waals surface area contributed by atoms with Crippen LogP contribution >= 0.6 is 0 Å². The molecule has 0 fully saturated rings. The van der Waals surface area contributed by atoms with Gasteiger partial charge in [0.25, 0.3) is 0 Å². The number of hydrogen-bond donors (Lipinski definition) is 0. The molecule has 0 aliphatic heterocycles. The van der Waals surface area contributed by atoms with E-state index in [9.17, 15) is 5.26 Å². The van der Waals surface area contributed by atoms with E-state index in [-0.39, 0.29) is 5.92 Å². The van der Waals surface area contributed by atoms with Crippen LogP contribution in [0.4, 0.5) is 0 Å². The van der Waals surface area contributed by atoms with Gasteiger partial charge in [-0.15, -0.1) is 0 Å². The molecule has 0 spiro atoms. The molecule has 1 heterocycles. The summed E-state index contributed by atoms with van der Waals surface area (Å²) in [6.45, 7) is 14.0. The first-order valence-electron chi connectivity index (χ1n) is 7.93. The Morgan fingerprint density at radius 2 is 1.76 bits per heavy atom. The minimum atomic E-state index is -0.511. The second kappa shape index (κ2) is 7.56. The zero-order chi connectivity index (χ0) is 16.0. The fourth-order valence-corrected chi connectivity index (χ4v) is 3.00. The van der Waals surface area contributed by atoms with Crippen molar-refractivity contribution in [2.45, 2.75) is 65.5 Å². The fourth-order valence-electron chi connectivity index (χ4n) is 3.00. The van der Waals surface area contributed by atoms with Crippen LogP contribution in [0.25, 0.3) is 0 Å². The summed E-state index contributed by atoms with van der Waals surface area (Å²) < 4.78 is 0. The molecule has 116 valence electrons. The Morgan fingerprint density at radius 1 is 1.14 bits per heavy atom. The number of pyridine rings is 1. The van der Waals surface area contributed by atoms with Gasteiger partial charge < -0.3 is 0 Å². The van der Waals surface area contributed by atoms with Crippen LogP contribution < -0.4 is 0 Å². The van der Waals surface area contributed by atoms with Gasteiger partial charge in [-0.3, -0.25) is 9.88 Å². The maximum absolute atomic E-state index is 9.88. The molecule has 0 aromatic carbocycles. The van der Waals surface area contributed by atoms with Gasteiger partial charge in [-0.25, -0.2) is 0 Å². The lowest BCUT2D eigenvalue weighted by atomic mass is 9.72. The number of nitrogens with zero attached hydrogens (tertiary/aromatic N) is 3. The summed E-state index contributed by atoms with van der Waals surface area (Å²) in [5.74, 6) is 0.235.